The lowest BCUT2D eigenvalue weighted by Gasteiger charge is -2.26. The van der Waals surface area contributed by atoms with Gasteiger partial charge in [0.15, 0.2) is 6.10 Å². The Labute approximate surface area is 114 Å². The fraction of sp³-hybridized carbons (Fsp3) is 0.533. The molecule has 0 spiro atoms. The molecule has 2 rings (SSSR count). The summed E-state index contributed by atoms with van der Waals surface area (Å²) in [5.41, 5.74) is 6.71. The highest BCUT2D eigenvalue weighted by molar-refractivity contribution is 5.81. The quantitative estimate of drug-likeness (QED) is 0.769. The van der Waals surface area contributed by atoms with Crippen LogP contribution in [-0.2, 0) is 4.79 Å². The standard InChI is InChI=1S/C15H22N2O2/c16-13(11-7-3-1-4-8-11)14(18)15(19)17-12-9-5-2-6-10-12/h1,3-4,7-8,12-14,18H,2,5-6,9-10,16H2,(H,17,19)/t13-,14?/m1/s1. The Hall–Kier alpha value is -1.39. The zero-order valence-corrected chi connectivity index (χ0v) is 11.1. The Kier molecular flexibility index (Phi) is 4.93. The van der Waals surface area contributed by atoms with Gasteiger partial charge in [-0.1, -0.05) is 49.6 Å². The minimum atomic E-state index is -1.19. The molecule has 0 heterocycles. The van der Waals surface area contributed by atoms with Crippen LogP contribution < -0.4 is 11.1 Å². The molecule has 1 aliphatic rings. The number of carbonyl (C=O) groups is 1. The Morgan fingerprint density at radius 2 is 1.84 bits per heavy atom. The fourth-order valence-electron chi connectivity index (χ4n) is 2.55. The number of aliphatic hydroxyl groups excluding tert-OH is 1. The van der Waals surface area contributed by atoms with Crippen LogP contribution in [-0.4, -0.2) is 23.2 Å². The second kappa shape index (κ2) is 6.68. The van der Waals surface area contributed by atoms with Gasteiger partial charge >= 0.3 is 0 Å². The highest BCUT2D eigenvalue weighted by Gasteiger charge is 2.26. The van der Waals surface area contributed by atoms with Gasteiger partial charge in [-0.25, -0.2) is 0 Å². The summed E-state index contributed by atoms with van der Waals surface area (Å²) in [6.07, 6.45) is 4.33. The van der Waals surface area contributed by atoms with Crippen LogP contribution in [0.5, 0.6) is 0 Å². The Balaban J connectivity index is 1.91. The molecule has 1 aliphatic carbocycles. The number of carbonyl (C=O) groups excluding carboxylic acids is 1. The smallest absolute Gasteiger partial charge is 0.251 e. The molecule has 0 aliphatic heterocycles. The Morgan fingerprint density at radius 1 is 1.21 bits per heavy atom. The third kappa shape index (κ3) is 3.78. The average molecular weight is 262 g/mol. The molecule has 1 fully saturated rings. The maximum atomic E-state index is 12.0. The van der Waals surface area contributed by atoms with Gasteiger partial charge in [0.2, 0.25) is 0 Å². The van der Waals surface area contributed by atoms with E-state index in [1.807, 2.05) is 30.3 Å². The second-order valence-electron chi connectivity index (χ2n) is 5.22. The third-order valence-corrected chi connectivity index (χ3v) is 3.74. The predicted molar refractivity (Wildman–Crippen MR) is 74.4 cm³/mol. The van der Waals surface area contributed by atoms with Crippen molar-refractivity contribution in [1.82, 2.24) is 5.32 Å². The van der Waals surface area contributed by atoms with Crippen molar-refractivity contribution in [2.24, 2.45) is 5.73 Å². The molecule has 4 N–H and O–H groups in total. The molecule has 0 radical (unpaired) electrons. The topological polar surface area (TPSA) is 75.3 Å². The molecule has 1 aromatic rings. The highest BCUT2D eigenvalue weighted by atomic mass is 16.3. The summed E-state index contributed by atoms with van der Waals surface area (Å²) in [5, 5.41) is 12.9. The van der Waals surface area contributed by atoms with Gasteiger partial charge < -0.3 is 16.2 Å². The van der Waals surface area contributed by atoms with Crippen LogP contribution in [0.15, 0.2) is 30.3 Å². The van der Waals surface area contributed by atoms with E-state index in [1.54, 1.807) is 0 Å². The largest absolute Gasteiger partial charge is 0.381 e. The van der Waals surface area contributed by atoms with Crippen LogP contribution in [0.4, 0.5) is 0 Å². The van der Waals surface area contributed by atoms with Gasteiger partial charge in [0.05, 0.1) is 6.04 Å². The molecule has 2 atom stereocenters. The molecular weight excluding hydrogens is 240 g/mol. The van der Waals surface area contributed by atoms with E-state index in [-0.39, 0.29) is 11.9 Å². The normalized spacial score (nSPS) is 19.7. The molecule has 19 heavy (non-hydrogen) atoms. The molecule has 4 heteroatoms. The lowest BCUT2D eigenvalue weighted by molar-refractivity contribution is -0.131. The molecule has 1 unspecified atom stereocenters. The first kappa shape index (κ1) is 14.0. The van der Waals surface area contributed by atoms with Crippen LogP contribution in [0.25, 0.3) is 0 Å². The van der Waals surface area contributed by atoms with Crippen molar-refractivity contribution in [2.45, 2.75) is 50.3 Å². The lowest BCUT2D eigenvalue weighted by Crippen LogP contribution is -2.46. The summed E-state index contributed by atoms with van der Waals surface area (Å²) in [4.78, 5) is 12.0. The SMILES string of the molecule is N[C@H](c1ccccc1)C(O)C(=O)NC1CCCCC1. The molecule has 4 nitrogen and oxygen atoms in total. The molecule has 0 aromatic heterocycles. The van der Waals surface area contributed by atoms with E-state index >= 15 is 0 Å². The molecular formula is C15H22N2O2. The monoisotopic (exact) mass is 262 g/mol. The minimum absolute atomic E-state index is 0.193. The van der Waals surface area contributed by atoms with E-state index in [9.17, 15) is 9.90 Å². The van der Waals surface area contributed by atoms with Crippen molar-refractivity contribution in [2.75, 3.05) is 0 Å². The summed E-state index contributed by atoms with van der Waals surface area (Å²) < 4.78 is 0. The zero-order chi connectivity index (χ0) is 13.7. The van der Waals surface area contributed by atoms with Crippen LogP contribution in [0.1, 0.15) is 43.7 Å². The molecule has 0 saturated heterocycles. The average Bonchev–Trinajstić information content (AvgIpc) is 2.47. The van der Waals surface area contributed by atoms with E-state index in [2.05, 4.69) is 5.32 Å². The van der Waals surface area contributed by atoms with E-state index in [1.165, 1.54) is 6.42 Å². The van der Waals surface area contributed by atoms with Crippen molar-refractivity contribution in [1.29, 1.82) is 0 Å². The van der Waals surface area contributed by atoms with E-state index in [0.29, 0.717) is 0 Å². The van der Waals surface area contributed by atoms with Crippen molar-refractivity contribution in [3.63, 3.8) is 0 Å². The number of rotatable bonds is 4. The van der Waals surface area contributed by atoms with Crippen LogP contribution in [0.2, 0.25) is 0 Å². The van der Waals surface area contributed by atoms with E-state index in [0.717, 1.165) is 31.2 Å². The first-order chi connectivity index (χ1) is 9.18. The van der Waals surface area contributed by atoms with Gasteiger partial charge in [-0.05, 0) is 18.4 Å². The van der Waals surface area contributed by atoms with Crippen molar-refractivity contribution < 1.29 is 9.90 Å². The van der Waals surface area contributed by atoms with Crippen LogP contribution in [0.3, 0.4) is 0 Å². The minimum Gasteiger partial charge on any atom is -0.381 e. The summed E-state index contributed by atoms with van der Waals surface area (Å²) in [6, 6.07) is 8.74. The number of aliphatic hydroxyl groups is 1. The van der Waals surface area contributed by atoms with Gasteiger partial charge in [0, 0.05) is 6.04 Å². The fourth-order valence-corrected chi connectivity index (χ4v) is 2.55. The van der Waals surface area contributed by atoms with Gasteiger partial charge in [0.1, 0.15) is 0 Å². The number of nitrogens with one attached hydrogen (secondary N) is 1. The van der Waals surface area contributed by atoms with Crippen molar-refractivity contribution >= 4 is 5.91 Å². The Morgan fingerprint density at radius 3 is 2.47 bits per heavy atom. The Bertz CT molecular complexity index is 402. The molecule has 104 valence electrons. The van der Waals surface area contributed by atoms with Crippen molar-refractivity contribution in [3.05, 3.63) is 35.9 Å². The van der Waals surface area contributed by atoms with Crippen molar-refractivity contribution in [3.8, 4) is 0 Å². The maximum Gasteiger partial charge on any atom is 0.251 e. The molecule has 1 aromatic carbocycles. The maximum absolute atomic E-state index is 12.0. The summed E-state index contributed by atoms with van der Waals surface area (Å²) in [6.45, 7) is 0. The van der Waals surface area contributed by atoms with Crippen LogP contribution in [0, 0.1) is 0 Å². The summed E-state index contributed by atoms with van der Waals surface area (Å²) in [7, 11) is 0. The molecule has 0 bridgehead atoms. The van der Waals surface area contributed by atoms with Gasteiger partial charge in [0.25, 0.3) is 5.91 Å². The number of hydrogen-bond donors (Lipinski definition) is 3. The second-order valence-corrected chi connectivity index (χ2v) is 5.22. The molecule has 1 saturated carbocycles. The van der Waals surface area contributed by atoms with E-state index < -0.39 is 12.1 Å². The van der Waals surface area contributed by atoms with Gasteiger partial charge in [-0.3, -0.25) is 4.79 Å². The van der Waals surface area contributed by atoms with Gasteiger partial charge in [-0.2, -0.15) is 0 Å². The predicted octanol–water partition coefficient (Wildman–Crippen LogP) is 1.50. The zero-order valence-electron chi connectivity index (χ0n) is 11.1. The summed E-state index contributed by atoms with van der Waals surface area (Å²) in [5.74, 6) is -0.358. The molecule has 1 amide bonds. The van der Waals surface area contributed by atoms with Gasteiger partial charge in [-0.15, -0.1) is 0 Å². The van der Waals surface area contributed by atoms with Crippen LogP contribution >= 0.6 is 0 Å². The lowest BCUT2D eigenvalue weighted by atomic mass is 9.94. The number of amides is 1. The number of nitrogens with two attached hydrogens (primary N) is 1. The number of benzene rings is 1. The van der Waals surface area contributed by atoms with E-state index in [4.69, 9.17) is 5.73 Å². The summed E-state index contributed by atoms with van der Waals surface area (Å²) >= 11 is 0. The first-order valence-corrected chi connectivity index (χ1v) is 6.97. The number of hydrogen-bond acceptors (Lipinski definition) is 3. The highest BCUT2D eigenvalue weighted by Crippen LogP contribution is 2.19. The first-order valence-electron chi connectivity index (χ1n) is 6.97. The third-order valence-electron chi connectivity index (χ3n) is 3.74.